The van der Waals surface area contributed by atoms with E-state index >= 15 is 0 Å². The fraction of sp³-hybridized carbons (Fsp3) is 0.458. The first kappa shape index (κ1) is 22.6. The summed E-state index contributed by atoms with van der Waals surface area (Å²) in [5.41, 5.74) is 2.07. The summed E-state index contributed by atoms with van der Waals surface area (Å²) in [5.74, 6) is 3.06. The highest BCUT2D eigenvalue weighted by atomic mass is 16.6. The summed E-state index contributed by atoms with van der Waals surface area (Å²) < 4.78 is 22.0. The van der Waals surface area contributed by atoms with Gasteiger partial charge in [0.15, 0.2) is 23.0 Å². The van der Waals surface area contributed by atoms with Crippen LogP contribution in [-0.2, 0) is 6.42 Å². The molecule has 1 heterocycles. The molecular weight excluding hydrogens is 396 g/mol. The van der Waals surface area contributed by atoms with E-state index in [1.165, 1.54) is 0 Å². The Balaban J connectivity index is 1.63. The molecule has 31 heavy (non-hydrogen) atoms. The zero-order valence-electron chi connectivity index (χ0n) is 18.9. The molecule has 0 unspecified atom stereocenters. The van der Waals surface area contributed by atoms with Crippen LogP contribution in [0, 0.1) is 5.92 Å². The van der Waals surface area contributed by atoms with Crippen LogP contribution < -0.4 is 24.3 Å². The number of rotatable bonds is 8. The lowest BCUT2D eigenvalue weighted by Gasteiger charge is -2.28. The molecule has 3 rings (SSSR count). The predicted molar refractivity (Wildman–Crippen MR) is 119 cm³/mol. The molecule has 0 spiro atoms. The first-order valence-electron chi connectivity index (χ1n) is 10.5. The van der Waals surface area contributed by atoms with Crippen molar-refractivity contribution in [2.45, 2.75) is 26.3 Å². The third-order valence-corrected chi connectivity index (χ3v) is 5.40. The minimum Gasteiger partial charge on any atom is -0.493 e. The molecular formula is C24H32N2O5. The quantitative estimate of drug-likeness (QED) is 0.687. The largest absolute Gasteiger partial charge is 0.493 e. The molecule has 1 atom stereocenters. The molecule has 1 N–H and O–H groups in total. The van der Waals surface area contributed by atoms with Crippen LogP contribution in [0.4, 0.5) is 4.79 Å². The fourth-order valence-corrected chi connectivity index (χ4v) is 3.57. The molecule has 2 amide bonds. The number of nitrogens with zero attached hydrogens (tertiary/aromatic N) is 1. The molecule has 0 saturated carbocycles. The Morgan fingerprint density at radius 3 is 2.42 bits per heavy atom. The van der Waals surface area contributed by atoms with E-state index in [2.05, 4.69) is 19.2 Å². The van der Waals surface area contributed by atoms with Crippen LogP contribution in [0.3, 0.4) is 0 Å². The second kappa shape index (κ2) is 10.3. The average molecular weight is 429 g/mol. The first-order chi connectivity index (χ1) is 14.9. The Hall–Kier alpha value is -3.09. The number of fused-ring (bicyclic) bond motifs is 1. The van der Waals surface area contributed by atoms with Crippen LogP contribution in [0.1, 0.15) is 31.0 Å². The normalized spacial score (nSPS) is 13.5. The molecule has 2 aromatic rings. The van der Waals surface area contributed by atoms with Crippen molar-refractivity contribution in [2.75, 3.05) is 41.0 Å². The van der Waals surface area contributed by atoms with Gasteiger partial charge in [-0.05, 0) is 47.7 Å². The summed E-state index contributed by atoms with van der Waals surface area (Å²) in [6, 6.07) is 11.4. The lowest BCUT2D eigenvalue weighted by molar-refractivity contribution is 0.171. The smallest absolute Gasteiger partial charge is 0.317 e. The van der Waals surface area contributed by atoms with Gasteiger partial charge in [-0.25, -0.2) is 4.79 Å². The second-order valence-corrected chi connectivity index (χ2v) is 7.94. The highest BCUT2D eigenvalue weighted by molar-refractivity contribution is 5.74. The van der Waals surface area contributed by atoms with E-state index < -0.39 is 0 Å². The number of nitrogens with one attached hydrogen (secondary N) is 1. The maximum Gasteiger partial charge on any atom is 0.317 e. The summed E-state index contributed by atoms with van der Waals surface area (Å²) >= 11 is 0. The number of amides is 2. The van der Waals surface area contributed by atoms with Crippen molar-refractivity contribution < 1.29 is 23.7 Å². The van der Waals surface area contributed by atoms with Crippen LogP contribution in [0.2, 0.25) is 0 Å². The van der Waals surface area contributed by atoms with Crippen molar-refractivity contribution >= 4 is 6.03 Å². The second-order valence-electron chi connectivity index (χ2n) is 7.94. The van der Waals surface area contributed by atoms with Gasteiger partial charge in [-0.3, -0.25) is 0 Å². The van der Waals surface area contributed by atoms with E-state index in [1.807, 2.05) is 36.4 Å². The van der Waals surface area contributed by atoms with Gasteiger partial charge in [0.2, 0.25) is 0 Å². The fourth-order valence-electron chi connectivity index (χ4n) is 3.57. The number of urea groups is 1. The van der Waals surface area contributed by atoms with Crippen molar-refractivity contribution in [3.8, 4) is 23.0 Å². The van der Waals surface area contributed by atoms with Gasteiger partial charge >= 0.3 is 6.03 Å². The zero-order chi connectivity index (χ0) is 22.4. The minimum absolute atomic E-state index is 0.117. The molecule has 0 bridgehead atoms. The Morgan fingerprint density at radius 1 is 1.03 bits per heavy atom. The maximum atomic E-state index is 12.9. The molecule has 0 aromatic heterocycles. The van der Waals surface area contributed by atoms with E-state index in [-0.39, 0.29) is 18.0 Å². The van der Waals surface area contributed by atoms with Gasteiger partial charge in [-0.15, -0.1) is 0 Å². The van der Waals surface area contributed by atoms with Crippen LogP contribution in [0.5, 0.6) is 23.0 Å². The van der Waals surface area contributed by atoms with E-state index in [0.29, 0.717) is 37.7 Å². The molecule has 0 saturated heterocycles. The first-order valence-corrected chi connectivity index (χ1v) is 10.5. The standard InChI is InChI=1S/C24H32N2O5/c1-16(2)23(18-7-9-20-22(15-18)31-13-12-30-20)25-24(27)26(3)11-10-17-6-8-19(28-4)21(14-17)29-5/h6-9,14-16,23H,10-13H2,1-5H3,(H,25,27)/t23-/m0/s1. The monoisotopic (exact) mass is 428 g/mol. The highest BCUT2D eigenvalue weighted by Gasteiger charge is 2.23. The Morgan fingerprint density at radius 2 is 1.74 bits per heavy atom. The Kier molecular flexibility index (Phi) is 7.50. The van der Waals surface area contributed by atoms with Crippen LogP contribution in [0.15, 0.2) is 36.4 Å². The summed E-state index contributed by atoms with van der Waals surface area (Å²) in [5, 5.41) is 3.16. The van der Waals surface area contributed by atoms with Gasteiger partial charge in [-0.1, -0.05) is 26.0 Å². The van der Waals surface area contributed by atoms with Gasteiger partial charge in [0, 0.05) is 13.6 Å². The van der Waals surface area contributed by atoms with Gasteiger partial charge in [0.25, 0.3) is 0 Å². The van der Waals surface area contributed by atoms with Crippen LogP contribution >= 0.6 is 0 Å². The lowest BCUT2D eigenvalue weighted by atomic mass is 9.95. The molecule has 1 aliphatic rings. The van der Waals surface area contributed by atoms with Crippen molar-refractivity contribution in [1.82, 2.24) is 10.2 Å². The summed E-state index contributed by atoms with van der Waals surface area (Å²) in [6.07, 6.45) is 0.709. The molecule has 168 valence electrons. The molecule has 2 aromatic carbocycles. The Bertz CT molecular complexity index is 900. The summed E-state index contributed by atoms with van der Waals surface area (Å²) in [4.78, 5) is 14.6. The van der Waals surface area contributed by atoms with E-state index in [4.69, 9.17) is 18.9 Å². The van der Waals surface area contributed by atoms with Crippen LogP contribution in [0.25, 0.3) is 0 Å². The number of hydrogen-bond donors (Lipinski definition) is 1. The zero-order valence-corrected chi connectivity index (χ0v) is 18.9. The minimum atomic E-state index is -0.133. The van der Waals surface area contributed by atoms with Gasteiger partial charge in [0.1, 0.15) is 13.2 Å². The predicted octanol–water partition coefficient (Wildman–Crippen LogP) is 4.06. The van der Waals surface area contributed by atoms with E-state index in [1.54, 1.807) is 26.2 Å². The van der Waals surface area contributed by atoms with Crippen molar-refractivity contribution in [2.24, 2.45) is 5.92 Å². The molecule has 1 aliphatic heterocycles. The van der Waals surface area contributed by atoms with Crippen molar-refractivity contribution in [3.63, 3.8) is 0 Å². The Labute approximate surface area is 184 Å². The SMILES string of the molecule is COc1ccc(CCN(C)C(=O)N[C@H](c2ccc3c(c2)OCCO3)C(C)C)cc1OC. The molecule has 7 heteroatoms. The number of ether oxygens (including phenoxy) is 4. The number of hydrogen-bond acceptors (Lipinski definition) is 5. The summed E-state index contributed by atoms with van der Waals surface area (Å²) in [7, 11) is 5.03. The average Bonchev–Trinajstić information content (AvgIpc) is 2.79. The summed E-state index contributed by atoms with van der Waals surface area (Å²) in [6.45, 7) is 5.85. The maximum absolute atomic E-state index is 12.9. The third kappa shape index (κ3) is 5.54. The number of methoxy groups -OCH3 is 2. The molecule has 0 radical (unpaired) electrons. The van der Waals surface area contributed by atoms with Gasteiger partial charge in [-0.2, -0.15) is 0 Å². The molecule has 7 nitrogen and oxygen atoms in total. The van der Waals surface area contributed by atoms with E-state index in [9.17, 15) is 4.79 Å². The highest BCUT2D eigenvalue weighted by Crippen LogP contribution is 2.34. The number of carbonyl (C=O) groups excluding carboxylic acids is 1. The van der Waals surface area contributed by atoms with Crippen molar-refractivity contribution in [3.05, 3.63) is 47.5 Å². The van der Waals surface area contributed by atoms with Gasteiger partial charge in [0.05, 0.1) is 20.3 Å². The number of carbonyl (C=O) groups is 1. The van der Waals surface area contributed by atoms with Crippen molar-refractivity contribution in [1.29, 1.82) is 0 Å². The van der Waals surface area contributed by atoms with Gasteiger partial charge < -0.3 is 29.2 Å². The topological polar surface area (TPSA) is 69.3 Å². The molecule has 0 fully saturated rings. The van der Waals surface area contributed by atoms with E-state index in [0.717, 1.165) is 22.6 Å². The number of benzene rings is 2. The van der Waals surface area contributed by atoms with Crippen LogP contribution in [-0.4, -0.2) is 52.0 Å². The third-order valence-electron chi connectivity index (χ3n) is 5.40. The lowest BCUT2D eigenvalue weighted by Crippen LogP contribution is -2.41. The molecule has 0 aliphatic carbocycles. The number of likely N-dealkylation sites (N-methyl/N-ethyl adjacent to an activating group) is 1.